The number of hydrogen-bond acceptors (Lipinski definition) is 2. The lowest BCUT2D eigenvalue weighted by Crippen LogP contribution is -2.33. The van der Waals surface area contributed by atoms with Gasteiger partial charge in [-0.1, -0.05) is 31.5 Å². The molecule has 0 radical (unpaired) electrons. The molecule has 1 rings (SSSR count). The van der Waals surface area contributed by atoms with E-state index in [9.17, 15) is 0 Å². The summed E-state index contributed by atoms with van der Waals surface area (Å²) >= 11 is 0. The molecule has 0 saturated heterocycles. The van der Waals surface area contributed by atoms with E-state index in [0.29, 0.717) is 11.8 Å². The Hall–Kier alpha value is -1.02. The largest absolute Gasteiger partial charge is 0.374 e. The monoisotopic (exact) mass is 220 g/mol. The summed E-state index contributed by atoms with van der Waals surface area (Å²) in [7, 11) is 2.13. The van der Waals surface area contributed by atoms with E-state index in [4.69, 9.17) is 5.73 Å². The maximum atomic E-state index is 5.80. The minimum absolute atomic E-state index is 0.561. The fraction of sp³-hybridized carbons (Fsp3) is 0.571. The number of nitrogens with two attached hydrogens (primary N) is 1. The van der Waals surface area contributed by atoms with Crippen molar-refractivity contribution in [2.24, 2.45) is 17.6 Å². The van der Waals surface area contributed by atoms with Crippen LogP contribution in [0.4, 0.5) is 5.69 Å². The third kappa shape index (κ3) is 3.53. The van der Waals surface area contributed by atoms with Crippen LogP contribution in [0.25, 0.3) is 0 Å². The lowest BCUT2D eigenvalue weighted by Gasteiger charge is -2.27. The van der Waals surface area contributed by atoms with Crippen LogP contribution in [0.15, 0.2) is 24.3 Å². The maximum Gasteiger partial charge on any atom is 0.0363 e. The zero-order valence-electron chi connectivity index (χ0n) is 10.9. The quantitative estimate of drug-likeness (QED) is 0.826. The Kier molecular flexibility index (Phi) is 4.81. The first-order chi connectivity index (χ1) is 7.54. The molecule has 2 N–H and O–H groups in total. The molecule has 16 heavy (non-hydrogen) atoms. The first kappa shape index (κ1) is 13.0. The van der Waals surface area contributed by atoms with Crippen LogP contribution in [0.1, 0.15) is 19.4 Å². The highest BCUT2D eigenvalue weighted by Gasteiger charge is 2.14. The van der Waals surface area contributed by atoms with Gasteiger partial charge in [0.1, 0.15) is 0 Å². The fourth-order valence-corrected chi connectivity index (χ4v) is 1.81. The second-order valence-electron chi connectivity index (χ2n) is 4.96. The first-order valence-electron chi connectivity index (χ1n) is 6.02. The molecule has 1 atom stereocenters. The summed E-state index contributed by atoms with van der Waals surface area (Å²) in [6.45, 7) is 8.37. The normalized spacial score (nSPS) is 12.9. The van der Waals surface area contributed by atoms with Gasteiger partial charge >= 0.3 is 0 Å². The molecule has 2 heteroatoms. The number of anilines is 1. The van der Waals surface area contributed by atoms with Crippen LogP contribution in [0.2, 0.25) is 0 Å². The summed E-state index contributed by atoms with van der Waals surface area (Å²) in [5.74, 6) is 1.20. The van der Waals surface area contributed by atoms with E-state index in [1.165, 1.54) is 11.3 Å². The van der Waals surface area contributed by atoms with Crippen LogP contribution < -0.4 is 10.6 Å². The molecular formula is C14H24N2. The van der Waals surface area contributed by atoms with E-state index in [-0.39, 0.29) is 0 Å². The highest BCUT2D eigenvalue weighted by atomic mass is 15.1. The minimum atomic E-state index is 0.561. The molecule has 0 spiro atoms. The van der Waals surface area contributed by atoms with Gasteiger partial charge < -0.3 is 10.6 Å². The van der Waals surface area contributed by atoms with Crippen molar-refractivity contribution >= 4 is 5.69 Å². The SMILES string of the molecule is Cc1ccc(N(C)CC(CN)C(C)C)cc1. The van der Waals surface area contributed by atoms with Crippen molar-refractivity contribution in [1.82, 2.24) is 0 Å². The highest BCUT2D eigenvalue weighted by molar-refractivity contribution is 5.46. The molecule has 1 aromatic rings. The molecule has 1 unspecified atom stereocenters. The van der Waals surface area contributed by atoms with Crippen LogP contribution in [-0.4, -0.2) is 20.1 Å². The van der Waals surface area contributed by atoms with Crippen molar-refractivity contribution in [1.29, 1.82) is 0 Å². The zero-order chi connectivity index (χ0) is 12.1. The molecular weight excluding hydrogens is 196 g/mol. The topological polar surface area (TPSA) is 29.3 Å². The van der Waals surface area contributed by atoms with E-state index in [1.807, 2.05) is 0 Å². The Morgan fingerprint density at radius 2 is 1.75 bits per heavy atom. The van der Waals surface area contributed by atoms with Crippen molar-refractivity contribution in [2.75, 3.05) is 25.0 Å². The molecule has 0 aliphatic heterocycles. The van der Waals surface area contributed by atoms with Gasteiger partial charge in [0.05, 0.1) is 0 Å². The summed E-state index contributed by atoms with van der Waals surface area (Å²) < 4.78 is 0. The molecule has 0 aliphatic carbocycles. The molecule has 0 aromatic heterocycles. The molecule has 0 fully saturated rings. The molecule has 1 aromatic carbocycles. The average molecular weight is 220 g/mol. The van der Waals surface area contributed by atoms with Crippen LogP contribution in [0, 0.1) is 18.8 Å². The summed E-state index contributed by atoms with van der Waals surface area (Å²) in [5.41, 5.74) is 8.37. The van der Waals surface area contributed by atoms with Crippen LogP contribution >= 0.6 is 0 Å². The number of benzene rings is 1. The summed E-state index contributed by atoms with van der Waals surface area (Å²) in [5, 5.41) is 0. The standard InChI is InChI=1S/C14H24N2/c1-11(2)13(9-15)10-16(4)14-7-5-12(3)6-8-14/h5-8,11,13H,9-10,15H2,1-4H3. The van der Waals surface area contributed by atoms with E-state index < -0.39 is 0 Å². The number of rotatable bonds is 5. The third-order valence-electron chi connectivity index (χ3n) is 3.23. The predicted octanol–water partition coefficient (Wildman–Crippen LogP) is 2.66. The van der Waals surface area contributed by atoms with E-state index in [2.05, 4.69) is 57.0 Å². The average Bonchev–Trinajstić information content (AvgIpc) is 2.26. The molecule has 0 amide bonds. The number of hydrogen-bond donors (Lipinski definition) is 1. The lowest BCUT2D eigenvalue weighted by atomic mass is 9.95. The van der Waals surface area contributed by atoms with Gasteiger partial charge in [-0.05, 0) is 37.4 Å². The van der Waals surface area contributed by atoms with Crippen molar-refractivity contribution in [3.63, 3.8) is 0 Å². The zero-order valence-corrected chi connectivity index (χ0v) is 10.9. The van der Waals surface area contributed by atoms with Crippen molar-refractivity contribution in [3.8, 4) is 0 Å². The van der Waals surface area contributed by atoms with Crippen LogP contribution in [-0.2, 0) is 0 Å². The van der Waals surface area contributed by atoms with Gasteiger partial charge in [-0.25, -0.2) is 0 Å². The Morgan fingerprint density at radius 3 is 2.19 bits per heavy atom. The molecule has 0 bridgehead atoms. The van der Waals surface area contributed by atoms with Crippen LogP contribution in [0.5, 0.6) is 0 Å². The second kappa shape index (κ2) is 5.90. The summed E-state index contributed by atoms with van der Waals surface area (Å²) in [6.07, 6.45) is 0. The van der Waals surface area contributed by atoms with Gasteiger partial charge in [0, 0.05) is 19.3 Å². The first-order valence-corrected chi connectivity index (χ1v) is 6.02. The molecule has 0 heterocycles. The smallest absolute Gasteiger partial charge is 0.0363 e. The number of nitrogens with zero attached hydrogens (tertiary/aromatic N) is 1. The minimum Gasteiger partial charge on any atom is -0.374 e. The van der Waals surface area contributed by atoms with Gasteiger partial charge in [-0.15, -0.1) is 0 Å². The van der Waals surface area contributed by atoms with Crippen LogP contribution in [0.3, 0.4) is 0 Å². The predicted molar refractivity (Wildman–Crippen MR) is 71.8 cm³/mol. The summed E-state index contributed by atoms with van der Waals surface area (Å²) in [4.78, 5) is 2.29. The lowest BCUT2D eigenvalue weighted by molar-refractivity contribution is 0.398. The fourth-order valence-electron chi connectivity index (χ4n) is 1.81. The number of aryl methyl sites for hydroxylation is 1. The Labute approximate surface area is 99.5 Å². The Morgan fingerprint density at radius 1 is 1.19 bits per heavy atom. The highest BCUT2D eigenvalue weighted by Crippen LogP contribution is 2.17. The maximum absolute atomic E-state index is 5.80. The van der Waals surface area contributed by atoms with Crippen molar-refractivity contribution < 1.29 is 0 Å². The van der Waals surface area contributed by atoms with Gasteiger partial charge in [0.15, 0.2) is 0 Å². The van der Waals surface area contributed by atoms with Gasteiger partial charge in [-0.3, -0.25) is 0 Å². The van der Waals surface area contributed by atoms with Crippen molar-refractivity contribution in [3.05, 3.63) is 29.8 Å². The molecule has 0 saturated carbocycles. The molecule has 2 nitrogen and oxygen atoms in total. The summed E-state index contributed by atoms with van der Waals surface area (Å²) in [6, 6.07) is 8.64. The van der Waals surface area contributed by atoms with E-state index in [0.717, 1.165) is 13.1 Å². The van der Waals surface area contributed by atoms with E-state index >= 15 is 0 Å². The third-order valence-corrected chi connectivity index (χ3v) is 3.23. The van der Waals surface area contributed by atoms with Gasteiger partial charge in [-0.2, -0.15) is 0 Å². The van der Waals surface area contributed by atoms with E-state index in [1.54, 1.807) is 0 Å². The Balaban J connectivity index is 2.64. The van der Waals surface area contributed by atoms with Gasteiger partial charge in [0.2, 0.25) is 0 Å². The molecule has 90 valence electrons. The Bertz CT molecular complexity index is 303. The van der Waals surface area contributed by atoms with Crippen molar-refractivity contribution in [2.45, 2.75) is 20.8 Å². The van der Waals surface area contributed by atoms with Gasteiger partial charge in [0.25, 0.3) is 0 Å². The second-order valence-corrected chi connectivity index (χ2v) is 4.96. The molecule has 0 aliphatic rings.